The standard InChI is InChI=1S/C18H38O2/c1-5-9-10-11-12-13-14-15-16-17-18(6-2,7-3)20-19-8-4/h5-17H2,1-4H3. The Bertz CT molecular complexity index is 188. The number of rotatable bonds is 15. The van der Waals surface area contributed by atoms with Gasteiger partial charge in [0.2, 0.25) is 0 Å². The van der Waals surface area contributed by atoms with Crippen LogP contribution in [0.5, 0.6) is 0 Å². The predicted octanol–water partition coefficient (Wildman–Crippen LogP) is 6.43. The summed E-state index contributed by atoms with van der Waals surface area (Å²) in [6.07, 6.45) is 15.6. The normalized spacial score (nSPS) is 12.0. The van der Waals surface area contributed by atoms with Crippen molar-refractivity contribution in [3.05, 3.63) is 0 Å². The summed E-state index contributed by atoms with van der Waals surface area (Å²) in [6.45, 7) is 9.30. The van der Waals surface area contributed by atoms with Crippen molar-refractivity contribution in [2.45, 2.75) is 110 Å². The monoisotopic (exact) mass is 286 g/mol. The van der Waals surface area contributed by atoms with Crippen molar-refractivity contribution in [3.63, 3.8) is 0 Å². The second-order valence-electron chi connectivity index (χ2n) is 5.96. The van der Waals surface area contributed by atoms with Crippen LogP contribution in [0, 0.1) is 0 Å². The highest BCUT2D eigenvalue weighted by Gasteiger charge is 2.27. The van der Waals surface area contributed by atoms with Gasteiger partial charge in [-0.05, 0) is 26.2 Å². The van der Waals surface area contributed by atoms with E-state index in [-0.39, 0.29) is 5.60 Å². The van der Waals surface area contributed by atoms with Gasteiger partial charge in [0.05, 0.1) is 6.61 Å². The molecule has 2 nitrogen and oxygen atoms in total. The molecular weight excluding hydrogens is 248 g/mol. The molecule has 0 heterocycles. The lowest BCUT2D eigenvalue weighted by atomic mass is 9.90. The van der Waals surface area contributed by atoms with E-state index in [1.165, 1.54) is 57.8 Å². The molecule has 0 saturated heterocycles. The molecule has 0 aliphatic carbocycles. The molecule has 0 aliphatic heterocycles. The maximum atomic E-state index is 5.65. The molecule has 0 rings (SSSR count). The Morgan fingerprint density at radius 2 is 1.15 bits per heavy atom. The van der Waals surface area contributed by atoms with Crippen molar-refractivity contribution in [3.8, 4) is 0 Å². The van der Waals surface area contributed by atoms with Gasteiger partial charge in [0, 0.05) is 0 Å². The fourth-order valence-corrected chi connectivity index (χ4v) is 2.70. The second-order valence-corrected chi connectivity index (χ2v) is 5.96. The van der Waals surface area contributed by atoms with Crippen molar-refractivity contribution in [1.29, 1.82) is 0 Å². The van der Waals surface area contributed by atoms with E-state index < -0.39 is 0 Å². The Morgan fingerprint density at radius 1 is 0.650 bits per heavy atom. The molecule has 0 aromatic rings. The average Bonchev–Trinajstić information content (AvgIpc) is 2.49. The molecule has 122 valence electrons. The van der Waals surface area contributed by atoms with E-state index in [0.29, 0.717) is 6.61 Å². The van der Waals surface area contributed by atoms with Crippen molar-refractivity contribution >= 4 is 0 Å². The van der Waals surface area contributed by atoms with E-state index in [0.717, 1.165) is 19.3 Å². The van der Waals surface area contributed by atoms with Crippen LogP contribution in [0.2, 0.25) is 0 Å². The minimum atomic E-state index is -0.0445. The quantitative estimate of drug-likeness (QED) is 0.196. The molecule has 0 aromatic heterocycles. The van der Waals surface area contributed by atoms with Gasteiger partial charge in [0.1, 0.15) is 5.60 Å². The van der Waals surface area contributed by atoms with Gasteiger partial charge >= 0.3 is 0 Å². The average molecular weight is 286 g/mol. The zero-order chi connectivity index (χ0) is 15.1. The fourth-order valence-electron chi connectivity index (χ4n) is 2.70. The summed E-state index contributed by atoms with van der Waals surface area (Å²) in [7, 11) is 0. The third kappa shape index (κ3) is 9.77. The smallest absolute Gasteiger partial charge is 0.103 e. The van der Waals surface area contributed by atoms with Crippen LogP contribution in [-0.4, -0.2) is 12.2 Å². The molecule has 0 unspecified atom stereocenters. The molecule has 2 heteroatoms. The maximum Gasteiger partial charge on any atom is 0.103 e. The Morgan fingerprint density at radius 3 is 1.60 bits per heavy atom. The SMILES string of the molecule is CCCCCCCCCCCC(CC)(CC)OOCC. The Labute approximate surface area is 127 Å². The van der Waals surface area contributed by atoms with Gasteiger partial charge in [-0.15, -0.1) is 0 Å². The van der Waals surface area contributed by atoms with Crippen molar-refractivity contribution in [2.75, 3.05) is 6.61 Å². The summed E-state index contributed by atoms with van der Waals surface area (Å²) < 4.78 is 0. The van der Waals surface area contributed by atoms with Gasteiger partial charge in [-0.1, -0.05) is 78.6 Å². The first kappa shape index (κ1) is 19.9. The second kappa shape index (κ2) is 13.9. The van der Waals surface area contributed by atoms with Crippen LogP contribution in [0.4, 0.5) is 0 Å². The largest absolute Gasteiger partial charge is 0.236 e. The summed E-state index contributed by atoms with van der Waals surface area (Å²) in [5, 5.41) is 0. The Hall–Kier alpha value is -0.0800. The van der Waals surface area contributed by atoms with Crippen LogP contribution < -0.4 is 0 Å². The lowest BCUT2D eigenvalue weighted by Gasteiger charge is -2.30. The third-order valence-corrected chi connectivity index (χ3v) is 4.38. The fraction of sp³-hybridized carbons (Fsp3) is 1.00. The topological polar surface area (TPSA) is 18.5 Å². The molecule has 0 aromatic carbocycles. The van der Waals surface area contributed by atoms with Crippen LogP contribution in [0.15, 0.2) is 0 Å². The van der Waals surface area contributed by atoms with E-state index in [2.05, 4.69) is 20.8 Å². The zero-order valence-electron chi connectivity index (χ0n) is 14.5. The Kier molecular flexibility index (Phi) is 13.8. The minimum Gasteiger partial charge on any atom is -0.236 e. The first-order valence-electron chi connectivity index (χ1n) is 9.05. The first-order valence-corrected chi connectivity index (χ1v) is 9.05. The number of hydrogen-bond acceptors (Lipinski definition) is 2. The number of unbranched alkanes of at least 4 members (excludes halogenated alkanes) is 8. The summed E-state index contributed by atoms with van der Waals surface area (Å²) in [6, 6.07) is 0. The van der Waals surface area contributed by atoms with E-state index in [4.69, 9.17) is 9.78 Å². The summed E-state index contributed by atoms with van der Waals surface area (Å²) in [5.41, 5.74) is -0.0445. The molecule has 0 saturated carbocycles. The highest BCUT2D eigenvalue weighted by atomic mass is 17.2. The Balaban J connectivity index is 3.58. The van der Waals surface area contributed by atoms with Gasteiger partial charge in [0.15, 0.2) is 0 Å². The van der Waals surface area contributed by atoms with Gasteiger partial charge in [0.25, 0.3) is 0 Å². The predicted molar refractivity (Wildman–Crippen MR) is 87.9 cm³/mol. The maximum absolute atomic E-state index is 5.65. The summed E-state index contributed by atoms with van der Waals surface area (Å²) in [4.78, 5) is 10.9. The molecular formula is C18H38O2. The molecule has 0 spiro atoms. The molecule has 20 heavy (non-hydrogen) atoms. The van der Waals surface area contributed by atoms with Crippen LogP contribution in [0.1, 0.15) is 105 Å². The highest BCUT2D eigenvalue weighted by molar-refractivity contribution is 4.76. The molecule has 0 aliphatic rings. The molecule has 0 N–H and O–H groups in total. The van der Waals surface area contributed by atoms with Crippen LogP contribution in [0.25, 0.3) is 0 Å². The first-order chi connectivity index (χ1) is 9.74. The van der Waals surface area contributed by atoms with Crippen LogP contribution in [-0.2, 0) is 9.78 Å². The van der Waals surface area contributed by atoms with E-state index in [1.807, 2.05) is 6.92 Å². The van der Waals surface area contributed by atoms with E-state index >= 15 is 0 Å². The van der Waals surface area contributed by atoms with Gasteiger partial charge in [-0.3, -0.25) is 0 Å². The summed E-state index contributed by atoms with van der Waals surface area (Å²) >= 11 is 0. The minimum absolute atomic E-state index is 0.0445. The molecule has 0 bridgehead atoms. The molecule has 0 radical (unpaired) electrons. The molecule has 0 fully saturated rings. The van der Waals surface area contributed by atoms with E-state index in [9.17, 15) is 0 Å². The number of hydrogen-bond donors (Lipinski definition) is 0. The lowest BCUT2D eigenvalue weighted by Crippen LogP contribution is -2.31. The molecule has 0 amide bonds. The van der Waals surface area contributed by atoms with Gasteiger partial charge < -0.3 is 0 Å². The molecule has 0 atom stereocenters. The summed E-state index contributed by atoms with van der Waals surface area (Å²) in [5.74, 6) is 0. The van der Waals surface area contributed by atoms with Crippen molar-refractivity contribution < 1.29 is 9.78 Å². The zero-order valence-corrected chi connectivity index (χ0v) is 14.5. The van der Waals surface area contributed by atoms with Crippen LogP contribution >= 0.6 is 0 Å². The van der Waals surface area contributed by atoms with Crippen molar-refractivity contribution in [2.24, 2.45) is 0 Å². The van der Waals surface area contributed by atoms with Gasteiger partial charge in [-0.2, -0.15) is 0 Å². The van der Waals surface area contributed by atoms with E-state index in [1.54, 1.807) is 0 Å². The van der Waals surface area contributed by atoms with Gasteiger partial charge in [-0.25, -0.2) is 9.78 Å². The van der Waals surface area contributed by atoms with Crippen LogP contribution in [0.3, 0.4) is 0 Å². The van der Waals surface area contributed by atoms with Crippen molar-refractivity contribution in [1.82, 2.24) is 0 Å². The lowest BCUT2D eigenvalue weighted by molar-refractivity contribution is -0.362. The highest BCUT2D eigenvalue weighted by Crippen LogP contribution is 2.28. The third-order valence-electron chi connectivity index (χ3n) is 4.38.